The van der Waals surface area contributed by atoms with E-state index in [2.05, 4.69) is 69.8 Å². The fraction of sp³-hybridized carbons (Fsp3) is 0.929. The lowest BCUT2D eigenvalue weighted by molar-refractivity contribution is 0.265. The van der Waals surface area contributed by atoms with Crippen LogP contribution >= 0.6 is 0 Å². The van der Waals surface area contributed by atoms with Gasteiger partial charge in [-0.2, -0.15) is 0 Å². The van der Waals surface area contributed by atoms with Gasteiger partial charge in [0.05, 0.1) is 11.9 Å². The van der Waals surface area contributed by atoms with Gasteiger partial charge in [0.1, 0.15) is 0 Å². The Labute approximate surface area is 108 Å². The molecular formula is C14H31N3. The van der Waals surface area contributed by atoms with Crippen LogP contribution in [0.2, 0.25) is 0 Å². The van der Waals surface area contributed by atoms with Gasteiger partial charge in [-0.3, -0.25) is 4.99 Å². The van der Waals surface area contributed by atoms with Gasteiger partial charge in [0.25, 0.3) is 0 Å². The summed E-state index contributed by atoms with van der Waals surface area (Å²) in [6.45, 7) is 13.1. The number of rotatable bonds is 7. The summed E-state index contributed by atoms with van der Waals surface area (Å²) in [6.07, 6.45) is 4.42. The third-order valence-corrected chi connectivity index (χ3v) is 2.81. The molecule has 3 nitrogen and oxygen atoms in total. The predicted octanol–water partition coefficient (Wildman–Crippen LogP) is 2.87. The minimum absolute atomic E-state index is 0.0163. The standard InChI is InChI=1S/C14H31N3/c1-8-13(9-2)17(11-10-16(6)7)12-15-14(3,4)5/h12-13H,8-11H2,1-7H3. The van der Waals surface area contributed by atoms with Crippen molar-refractivity contribution in [2.75, 3.05) is 27.2 Å². The maximum atomic E-state index is 4.63. The van der Waals surface area contributed by atoms with Crippen molar-refractivity contribution in [2.45, 2.75) is 59.0 Å². The van der Waals surface area contributed by atoms with Gasteiger partial charge >= 0.3 is 0 Å². The Kier molecular flexibility index (Phi) is 7.44. The number of hydrogen-bond acceptors (Lipinski definition) is 2. The predicted molar refractivity (Wildman–Crippen MR) is 77.9 cm³/mol. The number of hydrogen-bond donors (Lipinski definition) is 0. The van der Waals surface area contributed by atoms with E-state index in [1.54, 1.807) is 0 Å². The zero-order valence-electron chi connectivity index (χ0n) is 12.8. The summed E-state index contributed by atoms with van der Waals surface area (Å²) in [5, 5.41) is 0. The molecule has 0 N–H and O–H groups in total. The van der Waals surface area contributed by atoms with Crippen LogP contribution in [0.3, 0.4) is 0 Å². The highest BCUT2D eigenvalue weighted by molar-refractivity contribution is 5.56. The molecular weight excluding hydrogens is 210 g/mol. The van der Waals surface area contributed by atoms with Crippen molar-refractivity contribution in [3.63, 3.8) is 0 Å². The minimum Gasteiger partial charge on any atom is -0.359 e. The van der Waals surface area contributed by atoms with Gasteiger partial charge in [0, 0.05) is 19.1 Å². The average molecular weight is 241 g/mol. The normalized spacial score (nSPS) is 13.0. The highest BCUT2D eigenvalue weighted by atomic mass is 15.2. The van der Waals surface area contributed by atoms with Crippen LogP contribution in [0.15, 0.2) is 4.99 Å². The molecule has 0 saturated carbocycles. The molecule has 0 spiro atoms. The second kappa shape index (κ2) is 7.70. The Morgan fingerprint density at radius 2 is 1.59 bits per heavy atom. The number of aliphatic imine (C=N–C) groups is 1. The van der Waals surface area contributed by atoms with Crippen LogP contribution in [0.25, 0.3) is 0 Å². The molecule has 0 heterocycles. The first-order valence-electron chi connectivity index (χ1n) is 6.76. The topological polar surface area (TPSA) is 18.8 Å². The minimum atomic E-state index is 0.0163. The third kappa shape index (κ3) is 8.19. The monoisotopic (exact) mass is 241 g/mol. The van der Waals surface area contributed by atoms with Crippen LogP contribution in [0.4, 0.5) is 0 Å². The molecule has 0 aromatic rings. The molecule has 3 heteroatoms. The molecule has 0 bridgehead atoms. The van der Waals surface area contributed by atoms with E-state index in [9.17, 15) is 0 Å². The Hall–Kier alpha value is -0.570. The first-order chi connectivity index (χ1) is 7.80. The van der Waals surface area contributed by atoms with Crippen LogP contribution in [0.1, 0.15) is 47.5 Å². The van der Waals surface area contributed by atoms with Crippen LogP contribution < -0.4 is 0 Å². The molecule has 102 valence electrons. The molecule has 0 aliphatic rings. The molecule has 0 aliphatic carbocycles. The fourth-order valence-corrected chi connectivity index (χ4v) is 1.66. The molecule has 0 aromatic carbocycles. The molecule has 0 aromatic heterocycles. The van der Waals surface area contributed by atoms with Crippen molar-refractivity contribution in [2.24, 2.45) is 4.99 Å². The van der Waals surface area contributed by atoms with Crippen molar-refractivity contribution in [3.8, 4) is 0 Å². The van der Waals surface area contributed by atoms with Crippen LogP contribution in [0.5, 0.6) is 0 Å². The first kappa shape index (κ1) is 16.4. The maximum Gasteiger partial charge on any atom is 0.0859 e. The van der Waals surface area contributed by atoms with E-state index in [0.717, 1.165) is 13.1 Å². The average Bonchev–Trinajstić information content (AvgIpc) is 2.21. The zero-order chi connectivity index (χ0) is 13.5. The summed E-state index contributed by atoms with van der Waals surface area (Å²) in [6, 6.07) is 0.612. The lowest BCUT2D eigenvalue weighted by atomic mass is 10.1. The third-order valence-electron chi connectivity index (χ3n) is 2.81. The van der Waals surface area contributed by atoms with Gasteiger partial charge < -0.3 is 9.80 Å². The Bertz CT molecular complexity index is 212. The lowest BCUT2D eigenvalue weighted by Crippen LogP contribution is -2.38. The summed E-state index contributed by atoms with van der Waals surface area (Å²) in [7, 11) is 4.23. The Morgan fingerprint density at radius 1 is 1.06 bits per heavy atom. The molecule has 0 amide bonds. The van der Waals surface area contributed by atoms with Crippen molar-refractivity contribution < 1.29 is 0 Å². The van der Waals surface area contributed by atoms with Gasteiger partial charge in [-0.15, -0.1) is 0 Å². The molecule has 0 saturated heterocycles. The SMILES string of the molecule is CCC(CC)N(C=NC(C)(C)C)CCN(C)C. The van der Waals surface area contributed by atoms with Crippen molar-refractivity contribution in [3.05, 3.63) is 0 Å². The first-order valence-corrected chi connectivity index (χ1v) is 6.76. The fourth-order valence-electron chi connectivity index (χ4n) is 1.66. The molecule has 0 fully saturated rings. The van der Waals surface area contributed by atoms with Gasteiger partial charge in [-0.05, 0) is 47.7 Å². The van der Waals surface area contributed by atoms with E-state index in [1.165, 1.54) is 12.8 Å². The second-order valence-corrected chi connectivity index (χ2v) is 5.93. The van der Waals surface area contributed by atoms with E-state index in [0.29, 0.717) is 6.04 Å². The molecule has 17 heavy (non-hydrogen) atoms. The summed E-state index contributed by atoms with van der Waals surface area (Å²) in [5.41, 5.74) is 0.0163. The van der Waals surface area contributed by atoms with Gasteiger partial charge in [0.15, 0.2) is 0 Å². The van der Waals surface area contributed by atoms with Gasteiger partial charge in [0.2, 0.25) is 0 Å². The number of nitrogens with zero attached hydrogens (tertiary/aromatic N) is 3. The molecule has 0 atom stereocenters. The van der Waals surface area contributed by atoms with Crippen molar-refractivity contribution in [1.82, 2.24) is 9.80 Å². The smallest absolute Gasteiger partial charge is 0.0859 e. The molecule has 0 rings (SSSR count). The second-order valence-electron chi connectivity index (χ2n) is 5.93. The van der Waals surface area contributed by atoms with Gasteiger partial charge in [-0.25, -0.2) is 0 Å². The van der Waals surface area contributed by atoms with E-state index in [-0.39, 0.29) is 5.54 Å². The zero-order valence-corrected chi connectivity index (χ0v) is 12.8. The number of likely N-dealkylation sites (N-methyl/N-ethyl adjacent to an activating group) is 1. The van der Waals surface area contributed by atoms with Crippen molar-refractivity contribution in [1.29, 1.82) is 0 Å². The van der Waals surface area contributed by atoms with Crippen molar-refractivity contribution >= 4 is 6.34 Å². The summed E-state index contributed by atoms with van der Waals surface area (Å²) < 4.78 is 0. The molecule has 0 unspecified atom stereocenters. The molecule has 0 radical (unpaired) electrons. The summed E-state index contributed by atoms with van der Waals surface area (Å²) in [4.78, 5) is 9.25. The molecule has 0 aliphatic heterocycles. The van der Waals surface area contributed by atoms with E-state index in [4.69, 9.17) is 0 Å². The van der Waals surface area contributed by atoms with Crippen LogP contribution in [0, 0.1) is 0 Å². The maximum absolute atomic E-state index is 4.63. The quantitative estimate of drug-likeness (QED) is 0.504. The largest absolute Gasteiger partial charge is 0.359 e. The lowest BCUT2D eigenvalue weighted by Gasteiger charge is -2.30. The van der Waals surface area contributed by atoms with E-state index >= 15 is 0 Å². The highest BCUT2D eigenvalue weighted by Gasteiger charge is 2.13. The Balaban J connectivity index is 4.55. The van der Waals surface area contributed by atoms with Crippen LogP contribution in [-0.2, 0) is 0 Å². The summed E-state index contributed by atoms with van der Waals surface area (Å²) in [5.74, 6) is 0. The summed E-state index contributed by atoms with van der Waals surface area (Å²) >= 11 is 0. The van der Waals surface area contributed by atoms with Gasteiger partial charge in [-0.1, -0.05) is 13.8 Å². The Morgan fingerprint density at radius 3 is 1.94 bits per heavy atom. The highest BCUT2D eigenvalue weighted by Crippen LogP contribution is 2.10. The van der Waals surface area contributed by atoms with Crippen LogP contribution in [-0.4, -0.2) is 54.9 Å². The van der Waals surface area contributed by atoms with E-state index < -0.39 is 0 Å². The van der Waals surface area contributed by atoms with E-state index in [1.807, 2.05) is 0 Å².